The summed E-state index contributed by atoms with van der Waals surface area (Å²) < 4.78 is 38.8. The van der Waals surface area contributed by atoms with Crippen molar-refractivity contribution in [3.05, 3.63) is 82.5 Å². The molecule has 2 bridgehead atoms. The number of imide groups is 2. The number of halogens is 2. The Morgan fingerprint density at radius 2 is 1.60 bits per heavy atom. The van der Waals surface area contributed by atoms with Crippen molar-refractivity contribution in [1.82, 2.24) is 40.3 Å². The van der Waals surface area contributed by atoms with E-state index >= 15 is 8.78 Å². The van der Waals surface area contributed by atoms with Crippen LogP contribution < -0.4 is 20.3 Å². The Morgan fingerprint density at radius 3 is 2.33 bits per heavy atom. The number of nitrogens with zero attached hydrogens (tertiary/aromatic N) is 7. The first-order valence-corrected chi connectivity index (χ1v) is 26.1. The minimum absolute atomic E-state index is 0.0393. The van der Waals surface area contributed by atoms with Crippen LogP contribution in [-0.2, 0) is 9.59 Å². The van der Waals surface area contributed by atoms with E-state index in [1.54, 1.807) is 12.3 Å². The van der Waals surface area contributed by atoms with Crippen molar-refractivity contribution < 1.29 is 37.8 Å². The maximum absolute atomic E-state index is 17.2. The summed E-state index contributed by atoms with van der Waals surface area (Å²) in [5, 5.41) is 17.8. The summed E-state index contributed by atoms with van der Waals surface area (Å²) in [6, 6.07) is 11.4. The lowest BCUT2D eigenvalue weighted by molar-refractivity contribution is -0.136. The van der Waals surface area contributed by atoms with Crippen LogP contribution in [0.2, 0.25) is 0 Å². The SMILES string of the molecule is C#Cc1c(F)ccc2cc(O)cc(-c3ncc4c(N5CC6CCC(C5)N6)nc(OCC5(CN6CCC7(CC6)CC(N6CCC(c8ccc9c(c8)C(=O)N(C8CCC(=O)NC8=O)C9=O)CC6)C7)CC5)nc4c3F)c12. The topological polar surface area (TPSA) is 173 Å². The number of phenols is 1. The molecule has 2 saturated carbocycles. The molecular formula is C56H57F2N9O6. The average Bonchev–Trinajstić information content (AvgIpc) is 4.00. The normalized spacial score (nSPS) is 25.1. The fourth-order valence-electron chi connectivity index (χ4n) is 13.6. The number of hydrogen-bond donors (Lipinski definition) is 3. The number of pyridine rings is 1. The lowest BCUT2D eigenvalue weighted by Gasteiger charge is -2.56. The first kappa shape index (κ1) is 46.2. The smallest absolute Gasteiger partial charge is 0.319 e. The van der Waals surface area contributed by atoms with E-state index in [-0.39, 0.29) is 69.6 Å². The molecular weight excluding hydrogens is 933 g/mol. The van der Waals surface area contributed by atoms with Crippen LogP contribution in [0.25, 0.3) is 32.9 Å². The van der Waals surface area contributed by atoms with Crippen LogP contribution in [0.4, 0.5) is 14.6 Å². The Hall–Kier alpha value is -6.61. The van der Waals surface area contributed by atoms with Gasteiger partial charge >= 0.3 is 6.01 Å². The third-order valence-corrected chi connectivity index (χ3v) is 17.9. The van der Waals surface area contributed by atoms with E-state index in [9.17, 15) is 24.3 Å². The van der Waals surface area contributed by atoms with Gasteiger partial charge in [-0.05, 0) is 149 Å². The predicted molar refractivity (Wildman–Crippen MR) is 267 cm³/mol. The highest BCUT2D eigenvalue weighted by Crippen LogP contribution is 2.53. The van der Waals surface area contributed by atoms with E-state index in [4.69, 9.17) is 21.1 Å². The van der Waals surface area contributed by atoms with Crippen molar-refractivity contribution in [2.24, 2.45) is 10.8 Å². The van der Waals surface area contributed by atoms with E-state index in [1.165, 1.54) is 37.1 Å². The van der Waals surface area contributed by atoms with Crippen LogP contribution >= 0.6 is 0 Å². The van der Waals surface area contributed by atoms with Crippen molar-refractivity contribution in [3.8, 4) is 35.4 Å². The second-order valence-corrected chi connectivity index (χ2v) is 22.4. The number of anilines is 1. The highest BCUT2D eigenvalue weighted by molar-refractivity contribution is 6.23. The first-order valence-electron chi connectivity index (χ1n) is 26.1. The molecule has 73 heavy (non-hydrogen) atoms. The summed E-state index contributed by atoms with van der Waals surface area (Å²) in [6.07, 6.45) is 18.4. The van der Waals surface area contributed by atoms with Gasteiger partial charge in [-0.3, -0.25) is 34.4 Å². The number of terminal acetylenes is 1. The molecule has 0 radical (unpaired) electrons. The van der Waals surface area contributed by atoms with Gasteiger partial charge in [-0.1, -0.05) is 18.1 Å². The second-order valence-electron chi connectivity index (χ2n) is 22.4. The van der Waals surface area contributed by atoms with E-state index in [1.807, 2.05) is 12.1 Å². The maximum Gasteiger partial charge on any atom is 0.319 e. The molecule has 8 aliphatic rings. The average molecular weight is 990 g/mol. The zero-order chi connectivity index (χ0) is 49.9. The number of aromatic nitrogens is 3. The monoisotopic (exact) mass is 989 g/mol. The van der Waals surface area contributed by atoms with Gasteiger partial charge in [0.1, 0.15) is 34.6 Å². The summed E-state index contributed by atoms with van der Waals surface area (Å²) in [4.78, 5) is 73.7. The molecule has 15 nitrogen and oxygen atoms in total. The van der Waals surface area contributed by atoms with E-state index < -0.39 is 35.4 Å². The van der Waals surface area contributed by atoms with Crippen LogP contribution in [0.3, 0.4) is 0 Å². The first-order chi connectivity index (χ1) is 35.3. The number of likely N-dealkylation sites (tertiary alicyclic amines) is 2. The number of piperidine rings is 3. The number of carbonyl (C=O) groups is 4. The van der Waals surface area contributed by atoms with Crippen LogP contribution in [0, 0.1) is 34.8 Å². The lowest BCUT2D eigenvalue weighted by atomic mass is 9.59. The number of benzene rings is 3. The molecule has 2 aliphatic carbocycles. The number of amides is 4. The standard InChI is InChI=1S/C56H57F2N9O6/c1-2-38-43(57)8-4-33-21-37(68)23-41(46(33)38)48-47(58)49-42(26-59-48)50(66-27-34-5-6-35(28-66)60-34)63-54(62-49)73-30-56(13-14-56)29-64-19-15-55(16-20-64)24-36(25-55)65-17-11-31(12-18-65)32-3-7-39-40(22-32)53(72)67(52(39)71)44-9-10-45(69)61-51(44)70/h1,3-4,7-8,21-23,26,31,34-36,44,60,68H,5-6,9-20,24-25,27-30H2,(H,61,69,70). The molecule has 376 valence electrons. The van der Waals surface area contributed by atoms with Gasteiger partial charge < -0.3 is 29.9 Å². The molecule has 3 atom stereocenters. The summed E-state index contributed by atoms with van der Waals surface area (Å²) >= 11 is 0. The van der Waals surface area contributed by atoms with Crippen LogP contribution in [-0.4, -0.2) is 135 Å². The molecule has 2 aromatic heterocycles. The quantitative estimate of drug-likeness (QED) is 0.103. The highest BCUT2D eigenvalue weighted by Gasteiger charge is 2.51. The predicted octanol–water partition coefficient (Wildman–Crippen LogP) is 6.44. The van der Waals surface area contributed by atoms with Gasteiger partial charge in [0.05, 0.1) is 28.7 Å². The molecule has 8 heterocycles. The molecule has 3 aromatic carbocycles. The van der Waals surface area contributed by atoms with Crippen molar-refractivity contribution >= 4 is 51.1 Å². The molecule has 17 heteroatoms. The van der Waals surface area contributed by atoms with Gasteiger partial charge in [0.25, 0.3) is 11.8 Å². The van der Waals surface area contributed by atoms with Gasteiger partial charge in [0, 0.05) is 66.7 Å². The summed E-state index contributed by atoms with van der Waals surface area (Å²) in [5.41, 5.74) is 2.10. The molecule has 1 spiro atoms. The number of ether oxygens (including phenoxy) is 1. The number of fused-ring (bicyclic) bond motifs is 5. The zero-order valence-electron chi connectivity index (χ0n) is 40.6. The van der Waals surface area contributed by atoms with E-state index in [0.29, 0.717) is 71.0 Å². The Morgan fingerprint density at radius 1 is 0.849 bits per heavy atom. The minimum Gasteiger partial charge on any atom is -0.508 e. The van der Waals surface area contributed by atoms with Crippen molar-refractivity contribution in [3.63, 3.8) is 0 Å². The van der Waals surface area contributed by atoms with Gasteiger partial charge in [-0.25, -0.2) is 8.78 Å². The van der Waals surface area contributed by atoms with Gasteiger partial charge in [0.2, 0.25) is 11.8 Å². The Bertz CT molecular complexity index is 3190. The number of hydrogen-bond acceptors (Lipinski definition) is 13. The van der Waals surface area contributed by atoms with Crippen molar-refractivity contribution in [2.75, 3.05) is 57.3 Å². The van der Waals surface area contributed by atoms with E-state index in [2.05, 4.69) is 36.2 Å². The van der Waals surface area contributed by atoms with Crippen LogP contribution in [0.15, 0.2) is 48.7 Å². The molecule has 7 fully saturated rings. The number of phenolic OH excluding ortho intramolecular Hbond substituents is 1. The zero-order valence-corrected chi connectivity index (χ0v) is 40.6. The lowest BCUT2D eigenvalue weighted by Crippen LogP contribution is -2.56. The number of carbonyl (C=O) groups excluding carboxylic acids is 4. The van der Waals surface area contributed by atoms with Crippen molar-refractivity contribution in [2.45, 2.75) is 107 Å². The number of rotatable bonds is 10. The second kappa shape index (κ2) is 17.5. The van der Waals surface area contributed by atoms with E-state index in [0.717, 1.165) is 94.6 Å². The van der Waals surface area contributed by atoms with Crippen LogP contribution in [0.1, 0.15) is 115 Å². The summed E-state index contributed by atoms with van der Waals surface area (Å²) in [5.74, 6) is -0.157. The number of nitrogens with one attached hydrogen (secondary N) is 2. The molecule has 6 aliphatic heterocycles. The molecule has 3 unspecified atom stereocenters. The van der Waals surface area contributed by atoms with Gasteiger partial charge in [-0.2, -0.15) is 9.97 Å². The molecule has 3 N–H and O–H groups in total. The molecule has 5 aromatic rings. The Balaban J connectivity index is 0.645. The Kier molecular flexibility index (Phi) is 11.1. The van der Waals surface area contributed by atoms with Crippen LogP contribution in [0.5, 0.6) is 11.8 Å². The highest BCUT2D eigenvalue weighted by atomic mass is 19.1. The van der Waals surface area contributed by atoms with Crippen molar-refractivity contribution in [1.29, 1.82) is 0 Å². The van der Waals surface area contributed by atoms with Gasteiger partial charge in [0.15, 0.2) is 5.82 Å². The summed E-state index contributed by atoms with van der Waals surface area (Å²) in [6.45, 7) is 6.78. The Labute approximate surface area is 421 Å². The number of aromatic hydroxyl groups is 1. The third-order valence-electron chi connectivity index (χ3n) is 17.9. The molecule has 5 saturated heterocycles. The fraction of sp³-hybridized carbons (Fsp3) is 0.482. The minimum atomic E-state index is -0.971. The third kappa shape index (κ3) is 8.07. The molecule has 4 amide bonds. The maximum atomic E-state index is 17.2. The molecule has 13 rings (SSSR count). The summed E-state index contributed by atoms with van der Waals surface area (Å²) in [7, 11) is 0. The number of piperazine rings is 1. The van der Waals surface area contributed by atoms with Gasteiger partial charge in [-0.15, -0.1) is 6.42 Å². The fourth-order valence-corrected chi connectivity index (χ4v) is 13.6. The largest absolute Gasteiger partial charge is 0.508 e.